The summed E-state index contributed by atoms with van der Waals surface area (Å²) in [6.07, 6.45) is -4.00. The highest BCUT2D eigenvalue weighted by Crippen LogP contribution is 2.36. The lowest BCUT2D eigenvalue weighted by Gasteiger charge is -2.37. The molecule has 24 heavy (non-hydrogen) atoms. The standard InChI is InChI=1S/C17H19F3N2O2/c18-17(19,20)7-6-15(23)22-10-8-16(9-11-22)12-14(21-24-16)13-4-2-1-3-5-13/h1-5H,6-12H2. The number of oxime groups is 1. The van der Waals surface area contributed by atoms with Crippen molar-refractivity contribution in [1.29, 1.82) is 0 Å². The molecule has 0 aliphatic carbocycles. The van der Waals surface area contributed by atoms with Crippen LogP contribution in [0.2, 0.25) is 0 Å². The third-order valence-corrected chi connectivity index (χ3v) is 4.60. The molecule has 7 heteroatoms. The van der Waals surface area contributed by atoms with E-state index in [1.165, 1.54) is 4.90 Å². The number of nitrogens with zero attached hydrogens (tertiary/aromatic N) is 2. The van der Waals surface area contributed by atoms with Crippen LogP contribution in [0.3, 0.4) is 0 Å². The molecular formula is C17H19F3N2O2. The Morgan fingerprint density at radius 3 is 2.50 bits per heavy atom. The molecule has 0 aromatic heterocycles. The maximum Gasteiger partial charge on any atom is 0.389 e. The normalized spacial score (nSPS) is 20.0. The number of benzene rings is 1. The lowest BCUT2D eigenvalue weighted by atomic mass is 9.85. The van der Waals surface area contributed by atoms with Crippen LogP contribution < -0.4 is 0 Å². The topological polar surface area (TPSA) is 41.9 Å². The fraction of sp³-hybridized carbons (Fsp3) is 0.529. The average Bonchev–Trinajstić information content (AvgIpc) is 2.97. The van der Waals surface area contributed by atoms with Crippen LogP contribution in [-0.2, 0) is 9.63 Å². The second kappa shape index (κ2) is 6.45. The van der Waals surface area contributed by atoms with Crippen LogP contribution in [0.4, 0.5) is 13.2 Å². The first-order valence-corrected chi connectivity index (χ1v) is 8.02. The van der Waals surface area contributed by atoms with Crippen LogP contribution in [0.5, 0.6) is 0 Å². The van der Waals surface area contributed by atoms with Crippen molar-refractivity contribution < 1.29 is 22.8 Å². The second-order valence-electron chi connectivity index (χ2n) is 6.35. The van der Waals surface area contributed by atoms with Gasteiger partial charge in [0.1, 0.15) is 5.60 Å². The minimum absolute atomic E-state index is 0.411. The average molecular weight is 340 g/mol. The summed E-state index contributed by atoms with van der Waals surface area (Å²) in [7, 11) is 0. The number of hydrogen-bond donors (Lipinski definition) is 0. The molecule has 0 unspecified atom stereocenters. The molecule has 0 bridgehead atoms. The van der Waals surface area contributed by atoms with E-state index in [1.807, 2.05) is 30.3 Å². The van der Waals surface area contributed by atoms with Crippen molar-refractivity contribution in [2.24, 2.45) is 5.16 Å². The predicted octanol–water partition coefficient (Wildman–Crippen LogP) is 3.51. The smallest absolute Gasteiger partial charge is 0.388 e. The van der Waals surface area contributed by atoms with E-state index in [4.69, 9.17) is 4.84 Å². The van der Waals surface area contributed by atoms with Gasteiger partial charge < -0.3 is 9.74 Å². The lowest BCUT2D eigenvalue weighted by molar-refractivity contribution is -0.152. The number of likely N-dealkylation sites (tertiary alicyclic amines) is 1. The van der Waals surface area contributed by atoms with Crippen molar-refractivity contribution in [2.45, 2.75) is 43.9 Å². The molecule has 0 saturated carbocycles. The molecule has 4 nitrogen and oxygen atoms in total. The summed E-state index contributed by atoms with van der Waals surface area (Å²) in [6.45, 7) is 0.822. The summed E-state index contributed by atoms with van der Waals surface area (Å²) in [5, 5.41) is 4.19. The molecule has 0 atom stereocenters. The highest BCUT2D eigenvalue weighted by atomic mass is 19.4. The van der Waals surface area contributed by atoms with E-state index >= 15 is 0 Å². The molecule has 1 saturated heterocycles. The molecule has 1 aromatic rings. The predicted molar refractivity (Wildman–Crippen MR) is 82.5 cm³/mol. The summed E-state index contributed by atoms with van der Waals surface area (Å²) in [5.74, 6) is -0.440. The first-order chi connectivity index (χ1) is 11.4. The lowest BCUT2D eigenvalue weighted by Crippen LogP contribution is -2.47. The number of rotatable bonds is 3. The summed E-state index contributed by atoms with van der Waals surface area (Å²) in [5.41, 5.74) is 1.47. The molecular weight excluding hydrogens is 321 g/mol. The van der Waals surface area contributed by atoms with E-state index in [1.54, 1.807) is 0 Å². The minimum Gasteiger partial charge on any atom is -0.388 e. The Bertz CT molecular complexity index is 620. The van der Waals surface area contributed by atoms with Gasteiger partial charge in [-0.2, -0.15) is 13.2 Å². The number of alkyl halides is 3. The van der Waals surface area contributed by atoms with Crippen LogP contribution >= 0.6 is 0 Å². The molecule has 3 rings (SSSR count). The SMILES string of the molecule is O=C(CCC(F)(F)F)N1CCC2(CC1)CC(c1ccccc1)=NO2. The van der Waals surface area contributed by atoms with E-state index in [9.17, 15) is 18.0 Å². The van der Waals surface area contributed by atoms with Crippen LogP contribution in [0.1, 0.15) is 37.7 Å². The van der Waals surface area contributed by atoms with Gasteiger partial charge in [0.05, 0.1) is 12.1 Å². The fourth-order valence-corrected chi connectivity index (χ4v) is 3.15. The van der Waals surface area contributed by atoms with Gasteiger partial charge in [-0.1, -0.05) is 35.5 Å². The summed E-state index contributed by atoms with van der Waals surface area (Å²) < 4.78 is 36.7. The monoisotopic (exact) mass is 340 g/mol. The third kappa shape index (κ3) is 3.88. The molecule has 2 aliphatic rings. The Balaban J connectivity index is 1.52. The molecule has 2 heterocycles. The van der Waals surface area contributed by atoms with Crippen LogP contribution in [0.25, 0.3) is 0 Å². The third-order valence-electron chi connectivity index (χ3n) is 4.60. The summed E-state index contributed by atoms with van der Waals surface area (Å²) >= 11 is 0. The minimum atomic E-state index is -4.29. The Hall–Kier alpha value is -2.05. The molecule has 0 N–H and O–H groups in total. The van der Waals surface area contributed by atoms with Crippen LogP contribution in [-0.4, -0.2) is 41.4 Å². The summed E-state index contributed by atoms with van der Waals surface area (Å²) in [4.78, 5) is 19.1. The maximum atomic E-state index is 12.2. The Kier molecular flexibility index (Phi) is 4.51. The van der Waals surface area contributed by atoms with E-state index in [-0.39, 0.29) is 0 Å². The van der Waals surface area contributed by atoms with E-state index in [0.29, 0.717) is 32.4 Å². The van der Waals surface area contributed by atoms with E-state index < -0.39 is 30.5 Å². The summed E-state index contributed by atoms with van der Waals surface area (Å²) in [6, 6.07) is 9.74. The van der Waals surface area contributed by atoms with Crippen molar-refractivity contribution in [3.63, 3.8) is 0 Å². The zero-order chi connectivity index (χ0) is 17.2. The quantitative estimate of drug-likeness (QED) is 0.845. The first kappa shape index (κ1) is 16.8. The zero-order valence-electron chi connectivity index (χ0n) is 13.2. The van der Waals surface area contributed by atoms with Gasteiger partial charge in [-0.3, -0.25) is 4.79 Å². The molecule has 0 radical (unpaired) electrons. The van der Waals surface area contributed by atoms with Crippen molar-refractivity contribution in [3.8, 4) is 0 Å². The molecule has 1 fully saturated rings. The van der Waals surface area contributed by atoms with Gasteiger partial charge in [-0.15, -0.1) is 0 Å². The van der Waals surface area contributed by atoms with Gasteiger partial charge in [0.15, 0.2) is 0 Å². The molecule has 1 aromatic carbocycles. The Morgan fingerprint density at radius 2 is 1.88 bits per heavy atom. The number of halogens is 3. The van der Waals surface area contributed by atoms with Crippen molar-refractivity contribution in [2.75, 3.05) is 13.1 Å². The van der Waals surface area contributed by atoms with Gasteiger partial charge in [0, 0.05) is 38.8 Å². The molecule has 1 amide bonds. The second-order valence-corrected chi connectivity index (χ2v) is 6.35. The van der Waals surface area contributed by atoms with Crippen molar-refractivity contribution in [3.05, 3.63) is 35.9 Å². The first-order valence-electron chi connectivity index (χ1n) is 8.02. The number of carbonyl (C=O) groups excluding carboxylic acids is 1. The van der Waals surface area contributed by atoms with Gasteiger partial charge in [0.25, 0.3) is 0 Å². The fourth-order valence-electron chi connectivity index (χ4n) is 3.15. The highest BCUT2D eigenvalue weighted by Gasteiger charge is 2.43. The number of amides is 1. The number of piperidine rings is 1. The molecule has 130 valence electrons. The van der Waals surface area contributed by atoms with Gasteiger partial charge in [-0.05, 0) is 5.56 Å². The molecule has 2 aliphatic heterocycles. The van der Waals surface area contributed by atoms with Crippen molar-refractivity contribution in [1.82, 2.24) is 4.90 Å². The van der Waals surface area contributed by atoms with E-state index in [2.05, 4.69) is 5.16 Å². The van der Waals surface area contributed by atoms with Gasteiger partial charge >= 0.3 is 6.18 Å². The Labute approximate surface area is 138 Å². The van der Waals surface area contributed by atoms with Crippen molar-refractivity contribution >= 4 is 11.6 Å². The maximum absolute atomic E-state index is 12.2. The highest BCUT2D eigenvalue weighted by molar-refractivity contribution is 6.01. The Morgan fingerprint density at radius 1 is 1.21 bits per heavy atom. The zero-order valence-corrected chi connectivity index (χ0v) is 13.2. The van der Waals surface area contributed by atoms with Gasteiger partial charge in [0.2, 0.25) is 5.91 Å². The number of hydrogen-bond acceptors (Lipinski definition) is 3. The van der Waals surface area contributed by atoms with Gasteiger partial charge in [-0.25, -0.2) is 0 Å². The van der Waals surface area contributed by atoms with E-state index in [0.717, 1.165) is 11.3 Å². The van der Waals surface area contributed by atoms with Crippen LogP contribution in [0, 0.1) is 0 Å². The van der Waals surface area contributed by atoms with Crippen LogP contribution in [0.15, 0.2) is 35.5 Å². The largest absolute Gasteiger partial charge is 0.389 e. The number of carbonyl (C=O) groups is 1. The molecule has 1 spiro atoms.